The van der Waals surface area contributed by atoms with Crippen LogP contribution in [0.2, 0.25) is 0 Å². The minimum atomic E-state index is -3.69. The number of aryl methyl sites for hydroxylation is 3. The molecule has 7 heteroatoms. The minimum absolute atomic E-state index is 0.144. The van der Waals surface area contributed by atoms with Crippen molar-refractivity contribution in [3.8, 4) is 11.5 Å². The normalized spacial score (nSPS) is 16.0. The Morgan fingerprint density at radius 2 is 1.87 bits per heavy atom. The Hall–Kier alpha value is -2.93. The lowest BCUT2D eigenvalue weighted by molar-refractivity contribution is -0.119. The van der Waals surface area contributed by atoms with Crippen molar-refractivity contribution in [3.05, 3.63) is 76.7 Å². The van der Waals surface area contributed by atoms with Gasteiger partial charge in [0, 0.05) is 5.56 Å². The van der Waals surface area contributed by atoms with Crippen LogP contribution in [0.3, 0.4) is 0 Å². The Kier molecular flexibility index (Phi) is 5.96. The zero-order valence-corrected chi connectivity index (χ0v) is 18.5. The van der Waals surface area contributed by atoms with E-state index in [2.05, 4.69) is 16.4 Å². The summed E-state index contributed by atoms with van der Waals surface area (Å²) in [6, 6.07) is 15.5. The number of carbonyl (C=O) groups excluding carboxylic acids is 1. The van der Waals surface area contributed by atoms with E-state index in [4.69, 9.17) is 4.42 Å². The van der Waals surface area contributed by atoms with Crippen molar-refractivity contribution in [2.45, 2.75) is 44.9 Å². The van der Waals surface area contributed by atoms with Gasteiger partial charge in [-0.15, -0.1) is 0 Å². The number of hydrogen-bond acceptors (Lipinski definition) is 5. The Labute approximate surface area is 182 Å². The number of benzene rings is 2. The van der Waals surface area contributed by atoms with Crippen molar-refractivity contribution in [2.75, 3.05) is 5.75 Å². The maximum Gasteiger partial charge on any atom is 0.235 e. The van der Waals surface area contributed by atoms with E-state index in [0.717, 1.165) is 36.0 Å². The van der Waals surface area contributed by atoms with Crippen LogP contribution >= 0.6 is 0 Å². The first kappa shape index (κ1) is 21.3. The molecule has 6 nitrogen and oxygen atoms in total. The standard InChI is InChI=1S/C24H26N2O4S/c1-16-10-12-19(13-11-16)24-26-22(17(2)30-24)14-31(28,29)15-23(27)25-21-9-5-7-18-6-3-4-8-20(18)21/h3-4,6,8,10-13,21H,5,7,9,14-15H2,1-2H3,(H,25,27)/t21-/m1/s1. The third kappa shape index (κ3) is 5.05. The van der Waals surface area contributed by atoms with Crippen molar-refractivity contribution < 1.29 is 17.6 Å². The van der Waals surface area contributed by atoms with Gasteiger partial charge in [-0.1, -0.05) is 42.0 Å². The molecule has 0 radical (unpaired) electrons. The summed E-state index contributed by atoms with van der Waals surface area (Å²) < 4.78 is 31.1. The van der Waals surface area contributed by atoms with Gasteiger partial charge in [0.15, 0.2) is 9.84 Å². The van der Waals surface area contributed by atoms with Gasteiger partial charge in [-0.05, 0) is 56.4 Å². The van der Waals surface area contributed by atoms with Crippen molar-refractivity contribution in [2.24, 2.45) is 0 Å². The van der Waals surface area contributed by atoms with Crippen molar-refractivity contribution >= 4 is 15.7 Å². The predicted molar refractivity (Wildman–Crippen MR) is 119 cm³/mol. The van der Waals surface area contributed by atoms with Crippen LogP contribution in [0.25, 0.3) is 11.5 Å². The third-order valence-corrected chi connectivity index (χ3v) is 7.02. The number of nitrogens with one attached hydrogen (secondary N) is 1. The highest BCUT2D eigenvalue weighted by Crippen LogP contribution is 2.29. The van der Waals surface area contributed by atoms with Crippen LogP contribution in [0, 0.1) is 13.8 Å². The van der Waals surface area contributed by atoms with Crippen LogP contribution in [-0.2, 0) is 26.8 Å². The SMILES string of the molecule is Cc1ccc(-c2nc(CS(=O)(=O)CC(=O)N[C@@H]3CCCc4ccccc43)c(C)o2)cc1. The Morgan fingerprint density at radius 3 is 2.65 bits per heavy atom. The molecule has 0 aliphatic heterocycles. The Bertz CT molecular complexity index is 1200. The van der Waals surface area contributed by atoms with Crippen molar-refractivity contribution in [3.63, 3.8) is 0 Å². The molecule has 1 aromatic heterocycles. The molecule has 1 heterocycles. The average molecular weight is 439 g/mol. The molecule has 0 saturated heterocycles. The van der Waals surface area contributed by atoms with Crippen LogP contribution in [-0.4, -0.2) is 25.1 Å². The number of carbonyl (C=O) groups is 1. The maximum absolute atomic E-state index is 12.7. The molecule has 0 spiro atoms. The number of amides is 1. The summed E-state index contributed by atoms with van der Waals surface area (Å²) >= 11 is 0. The smallest absolute Gasteiger partial charge is 0.235 e. The molecule has 1 aliphatic carbocycles. The number of oxazole rings is 1. The van der Waals surface area contributed by atoms with Gasteiger partial charge in [0.1, 0.15) is 11.5 Å². The first-order valence-corrected chi connectivity index (χ1v) is 12.2. The predicted octanol–water partition coefficient (Wildman–Crippen LogP) is 4.07. The summed E-state index contributed by atoms with van der Waals surface area (Å²) in [4.78, 5) is 16.9. The van der Waals surface area contributed by atoms with E-state index >= 15 is 0 Å². The molecule has 0 saturated carbocycles. The Morgan fingerprint density at radius 1 is 1.13 bits per heavy atom. The molecule has 3 aromatic rings. The summed E-state index contributed by atoms with van der Waals surface area (Å²) in [5.41, 5.74) is 4.53. The topological polar surface area (TPSA) is 89.3 Å². The van der Waals surface area contributed by atoms with E-state index in [1.807, 2.05) is 49.4 Å². The van der Waals surface area contributed by atoms with Gasteiger partial charge >= 0.3 is 0 Å². The van der Waals surface area contributed by atoms with Gasteiger partial charge < -0.3 is 9.73 Å². The lowest BCUT2D eigenvalue weighted by atomic mass is 9.88. The van der Waals surface area contributed by atoms with Gasteiger partial charge in [-0.25, -0.2) is 13.4 Å². The summed E-state index contributed by atoms with van der Waals surface area (Å²) in [6.07, 6.45) is 2.76. The summed E-state index contributed by atoms with van der Waals surface area (Å²) in [5.74, 6) is -0.561. The summed E-state index contributed by atoms with van der Waals surface area (Å²) in [7, 11) is -3.69. The highest BCUT2D eigenvalue weighted by atomic mass is 32.2. The fourth-order valence-corrected chi connectivity index (χ4v) is 5.25. The zero-order chi connectivity index (χ0) is 22.0. The zero-order valence-electron chi connectivity index (χ0n) is 17.7. The van der Waals surface area contributed by atoms with E-state index in [1.54, 1.807) is 6.92 Å². The van der Waals surface area contributed by atoms with E-state index < -0.39 is 21.5 Å². The molecule has 1 aliphatic rings. The highest BCUT2D eigenvalue weighted by molar-refractivity contribution is 7.91. The molecule has 1 atom stereocenters. The quantitative estimate of drug-likeness (QED) is 0.627. The first-order valence-electron chi connectivity index (χ1n) is 10.4. The molecule has 1 N–H and O–H groups in total. The van der Waals surface area contributed by atoms with Crippen molar-refractivity contribution in [1.82, 2.24) is 10.3 Å². The maximum atomic E-state index is 12.7. The second-order valence-electron chi connectivity index (χ2n) is 8.13. The number of fused-ring (bicyclic) bond motifs is 1. The highest BCUT2D eigenvalue weighted by Gasteiger charge is 2.26. The molecule has 0 fully saturated rings. The molecule has 4 rings (SSSR count). The summed E-state index contributed by atoms with van der Waals surface area (Å²) in [5, 5.41) is 2.91. The van der Waals surface area contributed by atoms with E-state index in [-0.39, 0.29) is 11.8 Å². The molecule has 0 bridgehead atoms. The number of sulfone groups is 1. The van der Waals surface area contributed by atoms with Crippen molar-refractivity contribution in [1.29, 1.82) is 0 Å². The lowest BCUT2D eigenvalue weighted by Gasteiger charge is -2.26. The molecular weight excluding hydrogens is 412 g/mol. The fourth-order valence-electron chi connectivity index (χ4n) is 3.98. The average Bonchev–Trinajstić information content (AvgIpc) is 3.08. The van der Waals surface area contributed by atoms with E-state index in [0.29, 0.717) is 17.3 Å². The molecule has 162 valence electrons. The molecule has 31 heavy (non-hydrogen) atoms. The third-order valence-electron chi connectivity index (χ3n) is 5.60. The van der Waals surface area contributed by atoms with Crippen LogP contribution in [0.4, 0.5) is 0 Å². The number of rotatable bonds is 6. The monoisotopic (exact) mass is 438 g/mol. The second kappa shape index (κ2) is 8.67. The largest absolute Gasteiger partial charge is 0.441 e. The molecule has 1 amide bonds. The summed E-state index contributed by atoms with van der Waals surface area (Å²) in [6.45, 7) is 3.67. The van der Waals surface area contributed by atoms with Gasteiger partial charge in [0.25, 0.3) is 0 Å². The molecule has 2 aromatic carbocycles. The van der Waals surface area contributed by atoms with Crippen LogP contribution in [0.1, 0.15) is 47.0 Å². The van der Waals surface area contributed by atoms with Crippen LogP contribution in [0.15, 0.2) is 52.9 Å². The van der Waals surface area contributed by atoms with E-state index in [1.165, 1.54) is 5.56 Å². The second-order valence-corrected chi connectivity index (χ2v) is 10.2. The molecule has 0 unspecified atom stereocenters. The minimum Gasteiger partial charge on any atom is -0.441 e. The lowest BCUT2D eigenvalue weighted by Crippen LogP contribution is -2.35. The van der Waals surface area contributed by atoms with Crippen LogP contribution in [0.5, 0.6) is 0 Å². The van der Waals surface area contributed by atoms with Crippen LogP contribution < -0.4 is 5.32 Å². The first-order chi connectivity index (χ1) is 14.8. The van der Waals surface area contributed by atoms with Gasteiger partial charge in [0.2, 0.25) is 11.8 Å². The number of aromatic nitrogens is 1. The fraction of sp³-hybridized carbons (Fsp3) is 0.333. The van der Waals surface area contributed by atoms with E-state index in [9.17, 15) is 13.2 Å². The molecular formula is C24H26N2O4S. The van der Waals surface area contributed by atoms with Gasteiger partial charge in [-0.2, -0.15) is 0 Å². The van der Waals surface area contributed by atoms with Gasteiger partial charge in [0.05, 0.1) is 17.5 Å². The number of nitrogens with zero attached hydrogens (tertiary/aromatic N) is 1. The Balaban J connectivity index is 1.43. The number of hydrogen-bond donors (Lipinski definition) is 1. The van der Waals surface area contributed by atoms with Gasteiger partial charge in [-0.3, -0.25) is 4.79 Å².